The molecule has 0 spiro atoms. The molecule has 1 aliphatic heterocycles. The molecule has 4 nitrogen and oxygen atoms in total. The number of likely N-dealkylation sites (tertiary alicyclic amines) is 1. The average Bonchev–Trinajstić information content (AvgIpc) is 2.73. The van der Waals surface area contributed by atoms with E-state index >= 15 is 0 Å². The number of likely N-dealkylation sites (N-methyl/N-ethyl adjacent to an activating group) is 1. The van der Waals surface area contributed by atoms with Crippen LogP contribution < -0.4 is 5.73 Å². The zero-order valence-corrected chi connectivity index (χ0v) is 11.0. The smallest absolute Gasteiger partial charge is 0.0666 e. The fraction of sp³-hybridized carbons (Fsp3) is 0.500. The summed E-state index contributed by atoms with van der Waals surface area (Å²) in [5.74, 6) is 0.517. The number of nitrogens with two attached hydrogens (primary N) is 1. The largest absolute Gasteiger partial charge is 0.327 e. The van der Waals surface area contributed by atoms with Crippen LogP contribution in [0.15, 0.2) is 24.5 Å². The number of aromatic nitrogens is 2. The molecule has 0 aliphatic carbocycles. The van der Waals surface area contributed by atoms with Crippen LogP contribution in [0.2, 0.25) is 0 Å². The minimum Gasteiger partial charge on any atom is -0.327 e. The van der Waals surface area contributed by atoms with Crippen molar-refractivity contribution in [2.24, 2.45) is 5.73 Å². The normalized spacial score (nSPS) is 25.7. The van der Waals surface area contributed by atoms with E-state index in [2.05, 4.69) is 46.6 Å². The van der Waals surface area contributed by atoms with Gasteiger partial charge in [-0.1, -0.05) is 0 Å². The number of rotatable bonds is 1. The number of fused-ring (bicyclic) bond motifs is 1. The highest BCUT2D eigenvalue weighted by Crippen LogP contribution is 2.27. The summed E-state index contributed by atoms with van der Waals surface area (Å²) in [4.78, 5) is 6.67. The quantitative estimate of drug-likeness (QED) is 0.824. The van der Waals surface area contributed by atoms with Crippen LogP contribution in [-0.2, 0) is 0 Å². The Balaban J connectivity index is 2.01. The van der Waals surface area contributed by atoms with Gasteiger partial charge in [-0.25, -0.2) is 0 Å². The molecule has 1 aliphatic rings. The lowest BCUT2D eigenvalue weighted by Gasteiger charge is -2.33. The number of hydrogen-bond acceptors (Lipinski definition) is 3. The van der Waals surface area contributed by atoms with Crippen molar-refractivity contribution >= 4 is 5.52 Å². The van der Waals surface area contributed by atoms with E-state index in [1.807, 2.05) is 6.20 Å². The number of aryl methyl sites for hydroxylation is 1. The second kappa shape index (κ2) is 4.37. The van der Waals surface area contributed by atoms with Crippen molar-refractivity contribution in [2.45, 2.75) is 25.3 Å². The zero-order chi connectivity index (χ0) is 12.7. The molecule has 2 aromatic heterocycles. The third-order valence-electron chi connectivity index (χ3n) is 3.89. The monoisotopic (exact) mass is 244 g/mol. The van der Waals surface area contributed by atoms with Crippen molar-refractivity contribution in [1.82, 2.24) is 14.3 Å². The van der Waals surface area contributed by atoms with E-state index in [0.717, 1.165) is 25.2 Å². The molecule has 96 valence electrons. The van der Waals surface area contributed by atoms with Crippen LogP contribution in [0.1, 0.15) is 23.7 Å². The fourth-order valence-electron chi connectivity index (χ4n) is 3.12. The molecule has 2 aromatic rings. The molecule has 3 heterocycles. The predicted octanol–water partition coefficient (Wildman–Crippen LogP) is 1.39. The van der Waals surface area contributed by atoms with E-state index in [-0.39, 0.29) is 6.04 Å². The first-order valence-corrected chi connectivity index (χ1v) is 6.52. The second-order valence-electron chi connectivity index (χ2n) is 5.44. The van der Waals surface area contributed by atoms with Gasteiger partial charge in [-0.05, 0) is 32.5 Å². The van der Waals surface area contributed by atoms with Crippen LogP contribution >= 0.6 is 0 Å². The molecule has 4 heteroatoms. The summed E-state index contributed by atoms with van der Waals surface area (Å²) in [6, 6.07) is 4.67. The van der Waals surface area contributed by atoms with Gasteiger partial charge in [0.2, 0.25) is 0 Å². The molecule has 0 aromatic carbocycles. The molecule has 3 rings (SSSR count). The summed E-state index contributed by atoms with van der Waals surface area (Å²) in [5, 5.41) is 0. The molecule has 2 unspecified atom stereocenters. The van der Waals surface area contributed by atoms with Gasteiger partial charge < -0.3 is 15.0 Å². The molecule has 1 fully saturated rings. The number of hydrogen-bond donors (Lipinski definition) is 1. The molecule has 0 bridgehead atoms. The third kappa shape index (κ3) is 1.91. The Hall–Kier alpha value is -1.39. The van der Waals surface area contributed by atoms with Crippen LogP contribution in [0.5, 0.6) is 0 Å². The highest BCUT2D eigenvalue weighted by molar-refractivity contribution is 5.53. The van der Waals surface area contributed by atoms with Crippen molar-refractivity contribution in [1.29, 1.82) is 0 Å². The van der Waals surface area contributed by atoms with Crippen LogP contribution in [0.3, 0.4) is 0 Å². The maximum absolute atomic E-state index is 6.13. The van der Waals surface area contributed by atoms with E-state index in [1.165, 1.54) is 11.2 Å². The van der Waals surface area contributed by atoms with E-state index in [9.17, 15) is 0 Å². The summed E-state index contributed by atoms with van der Waals surface area (Å²) in [5.41, 5.74) is 9.77. The molecular weight excluding hydrogens is 224 g/mol. The standard InChI is InChI=1S/C14H20N4/c1-10-13-3-4-14(18(13)6-5-16-10)11-7-12(15)9-17(2)8-11/h3-6,11-12H,7-9,15H2,1-2H3. The minimum atomic E-state index is 0.280. The van der Waals surface area contributed by atoms with Gasteiger partial charge in [-0.15, -0.1) is 0 Å². The molecule has 1 saturated heterocycles. The molecule has 2 atom stereocenters. The highest BCUT2D eigenvalue weighted by atomic mass is 15.1. The van der Waals surface area contributed by atoms with Gasteiger partial charge >= 0.3 is 0 Å². The van der Waals surface area contributed by atoms with Gasteiger partial charge in [-0.3, -0.25) is 4.98 Å². The van der Waals surface area contributed by atoms with Crippen LogP contribution in [0, 0.1) is 6.92 Å². The Morgan fingerprint density at radius 3 is 2.94 bits per heavy atom. The van der Waals surface area contributed by atoms with Gasteiger partial charge in [0, 0.05) is 43.1 Å². The van der Waals surface area contributed by atoms with E-state index in [0.29, 0.717) is 5.92 Å². The van der Waals surface area contributed by atoms with Crippen molar-refractivity contribution in [3.8, 4) is 0 Å². The fourth-order valence-corrected chi connectivity index (χ4v) is 3.12. The lowest BCUT2D eigenvalue weighted by molar-refractivity contribution is 0.224. The molecule has 0 amide bonds. The Morgan fingerprint density at radius 2 is 2.17 bits per heavy atom. The lowest BCUT2D eigenvalue weighted by Crippen LogP contribution is -2.44. The van der Waals surface area contributed by atoms with E-state index < -0.39 is 0 Å². The first-order chi connectivity index (χ1) is 8.65. The van der Waals surface area contributed by atoms with Crippen molar-refractivity contribution in [3.05, 3.63) is 35.9 Å². The summed E-state index contributed by atoms with van der Waals surface area (Å²) in [6.07, 6.45) is 4.99. The maximum atomic E-state index is 6.13. The van der Waals surface area contributed by atoms with Crippen LogP contribution in [0.4, 0.5) is 0 Å². The third-order valence-corrected chi connectivity index (χ3v) is 3.89. The summed E-state index contributed by atoms with van der Waals surface area (Å²) >= 11 is 0. The summed E-state index contributed by atoms with van der Waals surface area (Å²) in [6.45, 7) is 4.14. The van der Waals surface area contributed by atoms with Crippen LogP contribution in [-0.4, -0.2) is 40.5 Å². The lowest BCUT2D eigenvalue weighted by atomic mass is 9.92. The van der Waals surface area contributed by atoms with E-state index in [4.69, 9.17) is 5.73 Å². The molecule has 2 N–H and O–H groups in total. The Labute approximate surface area is 107 Å². The first-order valence-electron chi connectivity index (χ1n) is 6.52. The van der Waals surface area contributed by atoms with Gasteiger partial charge in [-0.2, -0.15) is 0 Å². The van der Waals surface area contributed by atoms with Crippen LogP contribution in [0.25, 0.3) is 5.52 Å². The molecule has 18 heavy (non-hydrogen) atoms. The molecular formula is C14H20N4. The topological polar surface area (TPSA) is 46.6 Å². The SMILES string of the molecule is Cc1nccn2c(C3CC(N)CN(C)C3)ccc12. The Morgan fingerprint density at radius 1 is 1.33 bits per heavy atom. The van der Waals surface area contributed by atoms with Crippen molar-refractivity contribution < 1.29 is 0 Å². The zero-order valence-electron chi connectivity index (χ0n) is 11.0. The van der Waals surface area contributed by atoms with Crippen molar-refractivity contribution in [3.63, 3.8) is 0 Å². The summed E-state index contributed by atoms with van der Waals surface area (Å²) < 4.78 is 2.26. The molecule has 0 radical (unpaired) electrons. The highest BCUT2D eigenvalue weighted by Gasteiger charge is 2.25. The van der Waals surface area contributed by atoms with Gasteiger partial charge in [0.25, 0.3) is 0 Å². The van der Waals surface area contributed by atoms with E-state index in [1.54, 1.807) is 0 Å². The summed E-state index contributed by atoms with van der Waals surface area (Å²) in [7, 11) is 2.15. The maximum Gasteiger partial charge on any atom is 0.0666 e. The van der Waals surface area contributed by atoms with Gasteiger partial charge in [0.15, 0.2) is 0 Å². The number of piperidine rings is 1. The van der Waals surface area contributed by atoms with Gasteiger partial charge in [0.1, 0.15) is 0 Å². The number of nitrogens with zero attached hydrogens (tertiary/aromatic N) is 3. The Kier molecular flexibility index (Phi) is 2.84. The Bertz CT molecular complexity index is 550. The molecule has 0 saturated carbocycles. The van der Waals surface area contributed by atoms with Crippen molar-refractivity contribution in [2.75, 3.05) is 20.1 Å². The van der Waals surface area contributed by atoms with Gasteiger partial charge in [0.05, 0.1) is 11.2 Å². The first kappa shape index (κ1) is 11.7. The predicted molar refractivity (Wildman–Crippen MR) is 72.8 cm³/mol. The second-order valence-corrected chi connectivity index (χ2v) is 5.44. The average molecular weight is 244 g/mol. The minimum absolute atomic E-state index is 0.280.